The van der Waals surface area contributed by atoms with E-state index in [9.17, 15) is 9.90 Å². The van der Waals surface area contributed by atoms with E-state index in [-0.39, 0.29) is 11.3 Å². The molecule has 0 aromatic rings. The minimum Gasteiger partial charge on any atom is -0.481 e. The fourth-order valence-corrected chi connectivity index (χ4v) is 1.84. The molecule has 0 radical (unpaired) electrons. The lowest BCUT2D eigenvalue weighted by atomic mass is 9.67. The third-order valence-electron chi connectivity index (χ3n) is 2.94. The second-order valence-electron chi connectivity index (χ2n) is 5.73. The van der Waals surface area contributed by atoms with E-state index in [0.717, 1.165) is 12.8 Å². The topological polar surface area (TPSA) is 57.5 Å². The largest absolute Gasteiger partial charge is 0.481 e. The molecule has 0 heterocycles. The molecule has 0 atom stereocenters. The van der Waals surface area contributed by atoms with E-state index in [1.54, 1.807) is 0 Å². The average Bonchev–Trinajstić information content (AvgIpc) is 1.93. The number of carboxylic acid groups (broad SMARTS) is 1. The molecule has 3 nitrogen and oxygen atoms in total. The van der Waals surface area contributed by atoms with Gasteiger partial charge in [0.05, 0.1) is 11.5 Å². The first-order valence-electron chi connectivity index (χ1n) is 5.17. The van der Waals surface area contributed by atoms with Gasteiger partial charge < -0.3 is 10.2 Å². The van der Waals surface area contributed by atoms with Crippen LogP contribution in [0.4, 0.5) is 0 Å². The van der Waals surface area contributed by atoms with Crippen LogP contribution in [0.5, 0.6) is 0 Å². The molecule has 1 aliphatic rings. The summed E-state index contributed by atoms with van der Waals surface area (Å²) >= 11 is 0. The van der Waals surface area contributed by atoms with Gasteiger partial charge in [0.15, 0.2) is 0 Å². The summed E-state index contributed by atoms with van der Waals surface area (Å²) in [5.74, 6) is -1.09. The van der Waals surface area contributed by atoms with Crippen LogP contribution in [0, 0.1) is 11.3 Å². The lowest BCUT2D eigenvalue weighted by Gasteiger charge is -2.42. The van der Waals surface area contributed by atoms with E-state index in [0.29, 0.717) is 12.8 Å². The Balaban J connectivity index is 2.31. The Morgan fingerprint density at radius 3 is 2.29 bits per heavy atom. The first-order chi connectivity index (χ1) is 6.22. The van der Waals surface area contributed by atoms with Crippen molar-refractivity contribution in [3.8, 4) is 0 Å². The lowest BCUT2D eigenvalue weighted by molar-refractivity contribution is -0.159. The van der Waals surface area contributed by atoms with Gasteiger partial charge in [0.25, 0.3) is 0 Å². The molecule has 0 aliphatic heterocycles. The predicted molar refractivity (Wildman–Crippen MR) is 54.0 cm³/mol. The van der Waals surface area contributed by atoms with Crippen LogP contribution >= 0.6 is 0 Å². The van der Waals surface area contributed by atoms with Crippen molar-refractivity contribution < 1.29 is 15.0 Å². The van der Waals surface area contributed by atoms with Crippen molar-refractivity contribution >= 4 is 5.97 Å². The van der Waals surface area contributed by atoms with Crippen LogP contribution in [0.3, 0.4) is 0 Å². The zero-order chi connectivity index (χ0) is 11.0. The monoisotopic (exact) mass is 200 g/mol. The summed E-state index contributed by atoms with van der Waals surface area (Å²) in [6, 6.07) is 0. The normalized spacial score (nSPS) is 32.4. The first-order valence-corrected chi connectivity index (χ1v) is 5.17. The van der Waals surface area contributed by atoms with E-state index in [1.165, 1.54) is 0 Å². The number of hydrogen-bond donors (Lipinski definition) is 2. The second kappa shape index (κ2) is 3.54. The summed E-state index contributed by atoms with van der Waals surface area (Å²) in [6.45, 7) is 6.39. The van der Waals surface area contributed by atoms with Gasteiger partial charge in [0.1, 0.15) is 0 Å². The molecule has 82 valence electrons. The van der Waals surface area contributed by atoms with Crippen molar-refractivity contribution in [2.24, 2.45) is 11.3 Å². The third-order valence-corrected chi connectivity index (χ3v) is 2.94. The van der Waals surface area contributed by atoms with Crippen LogP contribution in [0.2, 0.25) is 0 Å². The molecule has 0 spiro atoms. The highest BCUT2D eigenvalue weighted by atomic mass is 16.4. The van der Waals surface area contributed by atoms with Gasteiger partial charge in [-0.15, -0.1) is 0 Å². The molecule has 14 heavy (non-hydrogen) atoms. The standard InChI is InChI=1S/C11H20O3/c1-10(2,3)4-5-11(14)6-8(7-11)9(12)13/h8,14H,4-7H2,1-3H3,(H,12,13). The summed E-state index contributed by atoms with van der Waals surface area (Å²) in [5, 5.41) is 18.6. The Bertz CT molecular complexity index is 221. The molecule has 0 amide bonds. The number of hydrogen-bond acceptors (Lipinski definition) is 2. The highest BCUT2D eigenvalue weighted by molar-refractivity contribution is 5.71. The first kappa shape index (κ1) is 11.5. The Kier molecular flexibility index (Phi) is 2.91. The molecule has 0 bridgehead atoms. The van der Waals surface area contributed by atoms with Crippen molar-refractivity contribution in [2.45, 2.75) is 52.1 Å². The molecule has 0 unspecified atom stereocenters. The summed E-state index contributed by atoms with van der Waals surface area (Å²) < 4.78 is 0. The zero-order valence-corrected chi connectivity index (χ0v) is 9.21. The molecular weight excluding hydrogens is 180 g/mol. The smallest absolute Gasteiger partial charge is 0.306 e. The highest BCUT2D eigenvalue weighted by Gasteiger charge is 2.46. The van der Waals surface area contributed by atoms with Gasteiger partial charge in [-0.05, 0) is 31.1 Å². The predicted octanol–water partition coefficient (Wildman–Crippen LogP) is 2.04. The van der Waals surface area contributed by atoms with Crippen molar-refractivity contribution in [3.63, 3.8) is 0 Å². The quantitative estimate of drug-likeness (QED) is 0.733. The lowest BCUT2D eigenvalue weighted by Crippen LogP contribution is -2.47. The second-order valence-corrected chi connectivity index (χ2v) is 5.73. The number of aliphatic carboxylic acids is 1. The maximum atomic E-state index is 10.6. The minimum absolute atomic E-state index is 0.212. The van der Waals surface area contributed by atoms with Crippen LogP contribution in [-0.4, -0.2) is 21.8 Å². The van der Waals surface area contributed by atoms with Gasteiger partial charge in [0, 0.05) is 0 Å². The molecule has 0 saturated heterocycles. The van der Waals surface area contributed by atoms with Crippen LogP contribution in [0.25, 0.3) is 0 Å². The molecule has 1 rings (SSSR count). The van der Waals surface area contributed by atoms with Gasteiger partial charge in [-0.3, -0.25) is 4.79 Å². The van der Waals surface area contributed by atoms with Gasteiger partial charge >= 0.3 is 5.97 Å². The molecular formula is C11H20O3. The van der Waals surface area contributed by atoms with Gasteiger partial charge in [-0.25, -0.2) is 0 Å². The van der Waals surface area contributed by atoms with Crippen molar-refractivity contribution in [1.29, 1.82) is 0 Å². The van der Waals surface area contributed by atoms with Gasteiger partial charge in [0.2, 0.25) is 0 Å². The molecule has 3 heteroatoms. The fraction of sp³-hybridized carbons (Fsp3) is 0.909. The molecule has 1 fully saturated rings. The van der Waals surface area contributed by atoms with Crippen molar-refractivity contribution in [3.05, 3.63) is 0 Å². The highest BCUT2D eigenvalue weighted by Crippen LogP contribution is 2.42. The molecule has 0 aromatic carbocycles. The number of carbonyl (C=O) groups is 1. The van der Waals surface area contributed by atoms with E-state index in [1.807, 2.05) is 0 Å². The SMILES string of the molecule is CC(C)(C)CCC1(O)CC(C(=O)O)C1. The number of carboxylic acids is 1. The van der Waals surface area contributed by atoms with E-state index < -0.39 is 11.6 Å². The van der Waals surface area contributed by atoms with E-state index in [4.69, 9.17) is 5.11 Å². The Hall–Kier alpha value is -0.570. The minimum atomic E-state index is -0.773. The zero-order valence-electron chi connectivity index (χ0n) is 9.21. The number of rotatable bonds is 3. The number of aliphatic hydroxyl groups is 1. The van der Waals surface area contributed by atoms with Crippen LogP contribution < -0.4 is 0 Å². The third kappa shape index (κ3) is 2.98. The molecule has 0 aromatic heterocycles. The van der Waals surface area contributed by atoms with Crippen LogP contribution in [-0.2, 0) is 4.79 Å². The van der Waals surface area contributed by atoms with Crippen molar-refractivity contribution in [2.75, 3.05) is 0 Å². The van der Waals surface area contributed by atoms with Crippen LogP contribution in [0.1, 0.15) is 46.5 Å². The van der Waals surface area contributed by atoms with E-state index >= 15 is 0 Å². The van der Waals surface area contributed by atoms with Crippen LogP contribution in [0.15, 0.2) is 0 Å². The maximum absolute atomic E-state index is 10.6. The fourth-order valence-electron chi connectivity index (χ4n) is 1.84. The Labute approximate surface area is 85.1 Å². The molecule has 1 saturated carbocycles. The molecule has 1 aliphatic carbocycles. The van der Waals surface area contributed by atoms with E-state index in [2.05, 4.69) is 20.8 Å². The Morgan fingerprint density at radius 1 is 1.43 bits per heavy atom. The summed E-state index contributed by atoms with van der Waals surface area (Å²) in [5.41, 5.74) is -0.486. The Morgan fingerprint density at radius 2 is 1.93 bits per heavy atom. The van der Waals surface area contributed by atoms with Crippen molar-refractivity contribution in [1.82, 2.24) is 0 Å². The molecule has 2 N–H and O–H groups in total. The summed E-state index contributed by atoms with van der Waals surface area (Å²) in [6.07, 6.45) is 2.52. The maximum Gasteiger partial charge on any atom is 0.306 e. The van der Waals surface area contributed by atoms with Gasteiger partial charge in [-0.1, -0.05) is 20.8 Å². The summed E-state index contributed by atoms with van der Waals surface area (Å²) in [4.78, 5) is 10.6. The average molecular weight is 200 g/mol. The van der Waals surface area contributed by atoms with Gasteiger partial charge in [-0.2, -0.15) is 0 Å². The summed E-state index contributed by atoms with van der Waals surface area (Å²) in [7, 11) is 0.